The van der Waals surface area contributed by atoms with Gasteiger partial charge in [0.2, 0.25) is 0 Å². The number of aliphatic hydroxyl groups excluding tert-OH is 2. The van der Waals surface area contributed by atoms with Crippen molar-refractivity contribution in [2.24, 2.45) is 11.8 Å². The molecule has 0 aromatic heterocycles. The number of hydrogen-bond acceptors (Lipinski definition) is 4. The lowest BCUT2D eigenvalue weighted by molar-refractivity contribution is -0.0514. The number of ether oxygens (including phenoxy) is 2. The van der Waals surface area contributed by atoms with Crippen molar-refractivity contribution in [1.29, 1.82) is 0 Å². The number of aliphatic hydroxyl groups is 2. The molecule has 4 rings (SSSR count). The van der Waals surface area contributed by atoms with Crippen LogP contribution in [0.3, 0.4) is 0 Å². The largest absolute Gasteiger partial charge is 0.488 e. The van der Waals surface area contributed by atoms with E-state index in [1.807, 2.05) is 60.7 Å². The summed E-state index contributed by atoms with van der Waals surface area (Å²) in [6.45, 7) is 0. The lowest BCUT2D eigenvalue weighted by Crippen LogP contribution is -2.43. The van der Waals surface area contributed by atoms with Crippen molar-refractivity contribution in [3.63, 3.8) is 0 Å². The Hall–Kier alpha value is -2.04. The molecule has 0 aliphatic heterocycles. The molecule has 4 heteroatoms. The summed E-state index contributed by atoms with van der Waals surface area (Å²) >= 11 is 0. The highest BCUT2D eigenvalue weighted by atomic mass is 16.5. The predicted octanol–water partition coefficient (Wildman–Crippen LogP) is 3.03. The van der Waals surface area contributed by atoms with Crippen molar-refractivity contribution >= 4 is 0 Å². The molecule has 2 fully saturated rings. The topological polar surface area (TPSA) is 58.9 Å². The summed E-state index contributed by atoms with van der Waals surface area (Å²) in [7, 11) is 0. The molecule has 0 radical (unpaired) electrons. The zero-order valence-electron chi connectivity index (χ0n) is 14.1. The molecule has 25 heavy (non-hydrogen) atoms. The van der Waals surface area contributed by atoms with Crippen molar-refractivity contribution in [2.45, 2.75) is 43.7 Å². The van der Waals surface area contributed by atoms with Gasteiger partial charge in [-0.3, -0.25) is 0 Å². The first-order valence-corrected chi connectivity index (χ1v) is 9.00. The first kappa shape index (κ1) is 16.4. The Morgan fingerprint density at radius 2 is 1.20 bits per heavy atom. The molecule has 2 aromatic carbocycles. The minimum atomic E-state index is -0.563. The minimum Gasteiger partial charge on any atom is -0.488 e. The number of para-hydroxylation sites is 2. The van der Waals surface area contributed by atoms with Gasteiger partial charge in [0.1, 0.15) is 23.7 Å². The molecule has 2 N–H and O–H groups in total. The van der Waals surface area contributed by atoms with E-state index in [1.54, 1.807) is 0 Å². The first-order chi connectivity index (χ1) is 12.2. The maximum atomic E-state index is 10.7. The summed E-state index contributed by atoms with van der Waals surface area (Å²) in [5, 5.41) is 21.2. The van der Waals surface area contributed by atoms with Gasteiger partial charge in [-0.15, -0.1) is 0 Å². The molecule has 0 spiro atoms. The van der Waals surface area contributed by atoms with Gasteiger partial charge in [0.15, 0.2) is 0 Å². The zero-order valence-corrected chi connectivity index (χ0v) is 14.1. The van der Waals surface area contributed by atoms with Crippen LogP contribution in [0, 0.1) is 11.8 Å². The van der Waals surface area contributed by atoms with Gasteiger partial charge in [0.05, 0.1) is 12.2 Å². The Morgan fingerprint density at radius 1 is 0.680 bits per heavy atom. The van der Waals surface area contributed by atoms with E-state index >= 15 is 0 Å². The average molecular weight is 340 g/mol. The van der Waals surface area contributed by atoms with E-state index < -0.39 is 12.2 Å². The predicted molar refractivity (Wildman–Crippen MR) is 94.6 cm³/mol. The van der Waals surface area contributed by atoms with Gasteiger partial charge in [-0.1, -0.05) is 36.4 Å². The molecule has 0 heterocycles. The smallest absolute Gasteiger partial charge is 0.125 e. The molecule has 2 aliphatic rings. The Balaban J connectivity index is 1.42. The summed E-state index contributed by atoms with van der Waals surface area (Å²) in [4.78, 5) is 0. The van der Waals surface area contributed by atoms with Gasteiger partial charge < -0.3 is 19.7 Å². The van der Waals surface area contributed by atoms with Crippen LogP contribution in [0.5, 0.6) is 11.5 Å². The summed E-state index contributed by atoms with van der Waals surface area (Å²) in [5.74, 6) is 1.93. The zero-order chi connectivity index (χ0) is 17.2. The minimum absolute atomic E-state index is 0.0688. The second-order valence-corrected chi connectivity index (χ2v) is 7.13. The molecular formula is C21H24O4. The third-order valence-corrected chi connectivity index (χ3v) is 5.50. The van der Waals surface area contributed by atoms with E-state index in [4.69, 9.17) is 9.47 Å². The fourth-order valence-electron chi connectivity index (χ4n) is 4.25. The van der Waals surface area contributed by atoms with Crippen LogP contribution >= 0.6 is 0 Å². The SMILES string of the molecule is OC1CC2C(CC1Oc1ccccc1)CC(Oc1ccccc1)C2O. The molecule has 4 nitrogen and oxygen atoms in total. The average Bonchev–Trinajstić information content (AvgIpc) is 2.92. The van der Waals surface area contributed by atoms with Crippen LogP contribution in [0.4, 0.5) is 0 Å². The fourth-order valence-corrected chi connectivity index (χ4v) is 4.25. The van der Waals surface area contributed by atoms with Crippen LogP contribution in [0.15, 0.2) is 60.7 Å². The monoisotopic (exact) mass is 340 g/mol. The van der Waals surface area contributed by atoms with Crippen LogP contribution in [0.1, 0.15) is 19.3 Å². The molecule has 6 unspecified atom stereocenters. The highest BCUT2D eigenvalue weighted by Gasteiger charge is 2.49. The second kappa shape index (κ2) is 7.06. The van der Waals surface area contributed by atoms with Crippen LogP contribution in [0.2, 0.25) is 0 Å². The second-order valence-electron chi connectivity index (χ2n) is 7.13. The maximum Gasteiger partial charge on any atom is 0.125 e. The summed E-state index contributed by atoms with van der Waals surface area (Å²) in [6.07, 6.45) is 0.530. The van der Waals surface area contributed by atoms with Crippen molar-refractivity contribution in [2.75, 3.05) is 0 Å². The highest BCUT2D eigenvalue weighted by molar-refractivity contribution is 5.23. The molecule has 0 amide bonds. The lowest BCUT2D eigenvalue weighted by Gasteiger charge is -2.36. The quantitative estimate of drug-likeness (QED) is 0.898. The third kappa shape index (κ3) is 3.51. The Bertz CT molecular complexity index is 635. The van der Waals surface area contributed by atoms with Crippen molar-refractivity contribution in [1.82, 2.24) is 0 Å². The van der Waals surface area contributed by atoms with E-state index in [0.717, 1.165) is 24.3 Å². The van der Waals surface area contributed by atoms with E-state index in [0.29, 0.717) is 12.3 Å². The molecule has 2 aromatic rings. The third-order valence-electron chi connectivity index (χ3n) is 5.50. The fraction of sp³-hybridized carbons (Fsp3) is 0.429. The first-order valence-electron chi connectivity index (χ1n) is 9.00. The molecule has 2 aliphatic carbocycles. The summed E-state index contributed by atoms with van der Waals surface area (Å²) in [5.41, 5.74) is 0. The van der Waals surface area contributed by atoms with Crippen LogP contribution in [-0.4, -0.2) is 34.6 Å². The molecular weight excluding hydrogens is 316 g/mol. The van der Waals surface area contributed by atoms with Crippen molar-refractivity contribution in [3.05, 3.63) is 60.7 Å². The van der Waals surface area contributed by atoms with Crippen molar-refractivity contribution < 1.29 is 19.7 Å². The molecule has 0 bridgehead atoms. The normalized spacial score (nSPS) is 34.3. The van der Waals surface area contributed by atoms with Gasteiger partial charge in [-0.2, -0.15) is 0 Å². The van der Waals surface area contributed by atoms with Gasteiger partial charge in [0, 0.05) is 0 Å². The van der Waals surface area contributed by atoms with E-state index in [2.05, 4.69) is 0 Å². The molecule has 0 saturated heterocycles. The lowest BCUT2D eigenvalue weighted by atomic mass is 9.78. The number of benzene rings is 2. The van der Waals surface area contributed by atoms with Crippen LogP contribution < -0.4 is 9.47 Å². The molecule has 132 valence electrons. The van der Waals surface area contributed by atoms with Gasteiger partial charge >= 0.3 is 0 Å². The van der Waals surface area contributed by atoms with Gasteiger partial charge in [-0.05, 0) is 55.4 Å². The standard InChI is InChI=1S/C21H24O4/c22-18-13-17-14(11-19(18)24-15-7-3-1-4-8-15)12-20(21(17)23)25-16-9-5-2-6-10-16/h1-10,14,17-23H,11-13H2. The number of fused-ring (bicyclic) bond motifs is 1. The van der Waals surface area contributed by atoms with Crippen LogP contribution in [-0.2, 0) is 0 Å². The van der Waals surface area contributed by atoms with Gasteiger partial charge in [0.25, 0.3) is 0 Å². The Labute approximate surface area is 148 Å². The van der Waals surface area contributed by atoms with E-state index in [-0.39, 0.29) is 18.1 Å². The number of rotatable bonds is 4. The highest BCUT2D eigenvalue weighted by Crippen LogP contribution is 2.44. The summed E-state index contributed by atoms with van der Waals surface area (Å²) < 4.78 is 12.0. The molecule has 2 saturated carbocycles. The number of hydrogen-bond donors (Lipinski definition) is 2. The maximum absolute atomic E-state index is 10.7. The van der Waals surface area contributed by atoms with Crippen LogP contribution in [0.25, 0.3) is 0 Å². The Kier molecular flexibility index (Phi) is 4.64. The van der Waals surface area contributed by atoms with Crippen molar-refractivity contribution in [3.8, 4) is 11.5 Å². The van der Waals surface area contributed by atoms with E-state index in [9.17, 15) is 10.2 Å². The van der Waals surface area contributed by atoms with Gasteiger partial charge in [-0.25, -0.2) is 0 Å². The Morgan fingerprint density at radius 3 is 1.80 bits per heavy atom. The summed E-state index contributed by atoms with van der Waals surface area (Å²) in [6, 6.07) is 19.2. The molecule has 6 atom stereocenters. The van der Waals surface area contributed by atoms with E-state index in [1.165, 1.54) is 0 Å².